The van der Waals surface area contributed by atoms with Crippen LogP contribution in [0.1, 0.15) is 47.5 Å². The van der Waals surface area contributed by atoms with Gasteiger partial charge in [-0.1, -0.05) is 27.7 Å². The van der Waals surface area contributed by atoms with E-state index < -0.39 is 0 Å². The average molecular weight is 158 g/mol. The molecule has 0 aliphatic carbocycles. The van der Waals surface area contributed by atoms with Crippen molar-refractivity contribution in [2.24, 2.45) is 5.41 Å². The van der Waals surface area contributed by atoms with Crippen LogP contribution in [0.5, 0.6) is 0 Å². The van der Waals surface area contributed by atoms with Crippen LogP contribution in [0.15, 0.2) is 0 Å². The van der Waals surface area contributed by atoms with Crippen LogP contribution in [0, 0.1) is 5.41 Å². The summed E-state index contributed by atoms with van der Waals surface area (Å²) < 4.78 is 5.57. The number of rotatable bonds is 4. The Kier molecular flexibility index (Phi) is 4.74. The summed E-state index contributed by atoms with van der Waals surface area (Å²) in [4.78, 5) is 0. The lowest BCUT2D eigenvalue weighted by molar-refractivity contribution is 0.0314. The maximum atomic E-state index is 5.57. The summed E-state index contributed by atoms with van der Waals surface area (Å²) in [6, 6.07) is 0. The summed E-state index contributed by atoms with van der Waals surface area (Å²) in [6.07, 6.45) is 2.75. The standard InChI is InChI=1S/C10H22O/c1-6-9(11-7-2)8-10(3,4)5/h9H,6-8H2,1-5H3. The first-order chi connectivity index (χ1) is 4.99. The highest BCUT2D eigenvalue weighted by Crippen LogP contribution is 2.23. The van der Waals surface area contributed by atoms with Crippen LogP contribution in [0.2, 0.25) is 0 Å². The number of ether oxygens (including phenoxy) is 1. The monoisotopic (exact) mass is 158 g/mol. The van der Waals surface area contributed by atoms with Crippen molar-refractivity contribution in [2.75, 3.05) is 6.61 Å². The first kappa shape index (κ1) is 11.0. The third-order valence-corrected chi connectivity index (χ3v) is 1.70. The van der Waals surface area contributed by atoms with Gasteiger partial charge in [-0.25, -0.2) is 0 Å². The van der Waals surface area contributed by atoms with Crippen LogP contribution < -0.4 is 0 Å². The molecule has 1 heteroatoms. The Balaban J connectivity index is 3.68. The second kappa shape index (κ2) is 4.76. The number of hydrogen-bond donors (Lipinski definition) is 0. The van der Waals surface area contributed by atoms with Gasteiger partial charge >= 0.3 is 0 Å². The molecule has 1 atom stereocenters. The van der Waals surface area contributed by atoms with Gasteiger partial charge in [-0.3, -0.25) is 0 Å². The van der Waals surface area contributed by atoms with Crippen LogP contribution >= 0.6 is 0 Å². The van der Waals surface area contributed by atoms with Gasteiger partial charge < -0.3 is 4.74 Å². The Morgan fingerprint density at radius 2 is 1.73 bits per heavy atom. The summed E-state index contributed by atoms with van der Waals surface area (Å²) in [5, 5.41) is 0. The molecule has 0 radical (unpaired) electrons. The van der Waals surface area contributed by atoms with Crippen molar-refractivity contribution >= 4 is 0 Å². The minimum atomic E-state index is 0.399. The van der Waals surface area contributed by atoms with Gasteiger partial charge in [0.2, 0.25) is 0 Å². The molecule has 0 heterocycles. The Bertz CT molecular complexity index is 91.5. The third kappa shape index (κ3) is 6.36. The normalized spacial score (nSPS) is 15.0. The van der Waals surface area contributed by atoms with E-state index >= 15 is 0 Å². The first-order valence-corrected chi connectivity index (χ1v) is 4.61. The molecular formula is C10H22O. The Labute approximate surface area is 71.1 Å². The van der Waals surface area contributed by atoms with Crippen molar-refractivity contribution in [3.63, 3.8) is 0 Å². The van der Waals surface area contributed by atoms with E-state index in [0.717, 1.165) is 19.4 Å². The average Bonchev–Trinajstić information content (AvgIpc) is 1.84. The minimum absolute atomic E-state index is 0.399. The van der Waals surface area contributed by atoms with Crippen molar-refractivity contribution in [1.82, 2.24) is 0 Å². The van der Waals surface area contributed by atoms with Gasteiger partial charge in [-0.05, 0) is 25.2 Å². The van der Waals surface area contributed by atoms with Crippen LogP contribution in [-0.4, -0.2) is 12.7 Å². The van der Waals surface area contributed by atoms with Crippen LogP contribution in [0.4, 0.5) is 0 Å². The van der Waals surface area contributed by atoms with Gasteiger partial charge in [0.1, 0.15) is 0 Å². The summed E-state index contributed by atoms with van der Waals surface area (Å²) in [5.74, 6) is 0. The summed E-state index contributed by atoms with van der Waals surface area (Å²) >= 11 is 0. The topological polar surface area (TPSA) is 9.23 Å². The zero-order valence-electron chi connectivity index (χ0n) is 8.61. The van der Waals surface area contributed by atoms with Crippen molar-refractivity contribution in [3.8, 4) is 0 Å². The largest absolute Gasteiger partial charge is 0.378 e. The molecule has 0 bridgehead atoms. The highest BCUT2D eigenvalue weighted by molar-refractivity contribution is 4.67. The van der Waals surface area contributed by atoms with E-state index in [9.17, 15) is 0 Å². The van der Waals surface area contributed by atoms with Gasteiger partial charge in [0, 0.05) is 6.61 Å². The van der Waals surface area contributed by atoms with Crippen molar-refractivity contribution in [1.29, 1.82) is 0 Å². The molecular weight excluding hydrogens is 136 g/mol. The molecule has 0 rings (SSSR count). The van der Waals surface area contributed by atoms with Gasteiger partial charge in [-0.15, -0.1) is 0 Å². The van der Waals surface area contributed by atoms with Crippen molar-refractivity contribution in [2.45, 2.75) is 53.6 Å². The molecule has 0 aliphatic heterocycles. The van der Waals surface area contributed by atoms with Gasteiger partial charge in [0.15, 0.2) is 0 Å². The maximum Gasteiger partial charge on any atom is 0.0577 e. The predicted molar refractivity (Wildman–Crippen MR) is 49.8 cm³/mol. The van der Waals surface area contributed by atoms with Crippen molar-refractivity contribution < 1.29 is 4.74 Å². The first-order valence-electron chi connectivity index (χ1n) is 4.61. The smallest absolute Gasteiger partial charge is 0.0577 e. The van der Waals surface area contributed by atoms with E-state index in [2.05, 4.69) is 34.6 Å². The molecule has 0 saturated heterocycles. The zero-order chi connectivity index (χ0) is 8.91. The molecule has 0 aromatic rings. The zero-order valence-corrected chi connectivity index (χ0v) is 8.61. The molecule has 0 aromatic heterocycles. The van der Waals surface area contributed by atoms with E-state index in [1.165, 1.54) is 0 Å². The van der Waals surface area contributed by atoms with Gasteiger partial charge in [0.25, 0.3) is 0 Å². The molecule has 68 valence electrons. The lowest BCUT2D eigenvalue weighted by Gasteiger charge is -2.24. The van der Waals surface area contributed by atoms with E-state index in [1.54, 1.807) is 0 Å². The van der Waals surface area contributed by atoms with Crippen LogP contribution in [0.25, 0.3) is 0 Å². The molecule has 0 aromatic carbocycles. The van der Waals surface area contributed by atoms with Crippen LogP contribution in [-0.2, 0) is 4.74 Å². The molecule has 0 N–H and O–H groups in total. The van der Waals surface area contributed by atoms with E-state index in [1.807, 2.05) is 0 Å². The molecule has 1 unspecified atom stereocenters. The third-order valence-electron chi connectivity index (χ3n) is 1.70. The second-order valence-corrected chi connectivity index (χ2v) is 4.25. The molecule has 0 saturated carbocycles. The molecule has 0 fully saturated rings. The van der Waals surface area contributed by atoms with Gasteiger partial charge in [0.05, 0.1) is 6.10 Å². The fourth-order valence-electron chi connectivity index (χ4n) is 1.24. The summed E-state index contributed by atoms with van der Waals surface area (Å²) in [5.41, 5.74) is 0.399. The maximum absolute atomic E-state index is 5.57. The lowest BCUT2D eigenvalue weighted by Crippen LogP contribution is -2.20. The fraction of sp³-hybridized carbons (Fsp3) is 1.00. The van der Waals surface area contributed by atoms with E-state index in [0.29, 0.717) is 11.5 Å². The SMILES string of the molecule is CCOC(CC)CC(C)(C)C. The predicted octanol–water partition coefficient (Wildman–Crippen LogP) is 3.24. The summed E-state index contributed by atoms with van der Waals surface area (Å²) in [6.45, 7) is 11.9. The Morgan fingerprint density at radius 3 is 2.00 bits per heavy atom. The quantitative estimate of drug-likeness (QED) is 0.610. The molecule has 0 amide bonds. The molecule has 0 aliphatic rings. The molecule has 1 nitrogen and oxygen atoms in total. The molecule has 11 heavy (non-hydrogen) atoms. The second-order valence-electron chi connectivity index (χ2n) is 4.25. The van der Waals surface area contributed by atoms with Crippen LogP contribution in [0.3, 0.4) is 0 Å². The minimum Gasteiger partial charge on any atom is -0.378 e. The highest BCUT2D eigenvalue weighted by atomic mass is 16.5. The van der Waals surface area contributed by atoms with Crippen molar-refractivity contribution in [3.05, 3.63) is 0 Å². The Morgan fingerprint density at radius 1 is 1.18 bits per heavy atom. The van der Waals surface area contributed by atoms with Gasteiger partial charge in [-0.2, -0.15) is 0 Å². The fourth-order valence-corrected chi connectivity index (χ4v) is 1.24. The molecule has 0 spiro atoms. The number of hydrogen-bond acceptors (Lipinski definition) is 1. The van der Waals surface area contributed by atoms with E-state index in [-0.39, 0.29) is 0 Å². The highest BCUT2D eigenvalue weighted by Gasteiger charge is 2.16. The summed E-state index contributed by atoms with van der Waals surface area (Å²) in [7, 11) is 0. The Hall–Kier alpha value is -0.0400. The lowest BCUT2D eigenvalue weighted by atomic mass is 9.88. The van der Waals surface area contributed by atoms with E-state index in [4.69, 9.17) is 4.74 Å².